The molecule has 1 unspecified atom stereocenters. The van der Waals surface area contributed by atoms with Gasteiger partial charge in [-0.3, -0.25) is 4.79 Å². The molecule has 0 aromatic heterocycles. The maximum atomic E-state index is 12.0. The van der Waals surface area contributed by atoms with E-state index in [0.29, 0.717) is 19.6 Å². The largest absolute Gasteiger partial charge is 0.396 e. The Labute approximate surface area is 97.4 Å². The summed E-state index contributed by atoms with van der Waals surface area (Å²) in [4.78, 5) is 12.0. The van der Waals surface area contributed by atoms with Crippen LogP contribution in [0.1, 0.15) is 39.5 Å². The van der Waals surface area contributed by atoms with Crippen molar-refractivity contribution < 1.29 is 14.6 Å². The molecule has 1 aliphatic heterocycles. The standard InChI is InChI=1S/C12H23NO3/c1-3-12(2,6-7-14)13-11(15)10-4-8-16-9-5-10/h10,14H,3-9H2,1-2H3,(H,13,15). The summed E-state index contributed by atoms with van der Waals surface area (Å²) in [6, 6.07) is 0. The Hall–Kier alpha value is -0.610. The highest BCUT2D eigenvalue weighted by Crippen LogP contribution is 2.19. The third-order valence-corrected chi connectivity index (χ3v) is 3.46. The van der Waals surface area contributed by atoms with E-state index in [2.05, 4.69) is 5.32 Å². The maximum absolute atomic E-state index is 12.0. The summed E-state index contributed by atoms with van der Waals surface area (Å²) in [6.07, 6.45) is 3.07. The van der Waals surface area contributed by atoms with Gasteiger partial charge in [0.25, 0.3) is 0 Å². The van der Waals surface area contributed by atoms with E-state index in [1.165, 1.54) is 0 Å². The molecule has 1 amide bonds. The predicted octanol–water partition coefficient (Wildman–Crippen LogP) is 1.08. The van der Waals surface area contributed by atoms with Crippen molar-refractivity contribution in [1.29, 1.82) is 0 Å². The van der Waals surface area contributed by atoms with E-state index in [0.717, 1.165) is 19.3 Å². The van der Waals surface area contributed by atoms with Crippen LogP contribution in [-0.2, 0) is 9.53 Å². The van der Waals surface area contributed by atoms with Crippen LogP contribution in [0, 0.1) is 5.92 Å². The van der Waals surface area contributed by atoms with Gasteiger partial charge in [-0.25, -0.2) is 0 Å². The maximum Gasteiger partial charge on any atom is 0.223 e. The van der Waals surface area contributed by atoms with E-state index < -0.39 is 0 Å². The first-order chi connectivity index (χ1) is 7.61. The SMILES string of the molecule is CCC(C)(CCO)NC(=O)C1CCOCC1. The Morgan fingerprint density at radius 1 is 1.50 bits per heavy atom. The van der Waals surface area contributed by atoms with Crippen LogP contribution in [-0.4, -0.2) is 36.4 Å². The van der Waals surface area contributed by atoms with E-state index in [1.54, 1.807) is 0 Å². The van der Waals surface area contributed by atoms with Crippen molar-refractivity contribution in [2.45, 2.75) is 45.1 Å². The van der Waals surface area contributed by atoms with Crippen molar-refractivity contribution in [1.82, 2.24) is 5.32 Å². The lowest BCUT2D eigenvalue weighted by molar-refractivity contribution is -0.129. The molecule has 94 valence electrons. The number of nitrogens with one attached hydrogen (secondary N) is 1. The van der Waals surface area contributed by atoms with Crippen molar-refractivity contribution >= 4 is 5.91 Å². The summed E-state index contributed by atoms with van der Waals surface area (Å²) in [6.45, 7) is 5.49. The van der Waals surface area contributed by atoms with Crippen LogP contribution in [0.2, 0.25) is 0 Å². The molecule has 1 atom stereocenters. The molecule has 0 aliphatic carbocycles. The molecule has 1 fully saturated rings. The molecule has 4 heteroatoms. The minimum Gasteiger partial charge on any atom is -0.396 e. The number of ether oxygens (including phenoxy) is 1. The second-order valence-electron chi connectivity index (χ2n) is 4.76. The van der Waals surface area contributed by atoms with Gasteiger partial charge in [0.2, 0.25) is 5.91 Å². The fourth-order valence-electron chi connectivity index (χ4n) is 1.93. The molecule has 16 heavy (non-hydrogen) atoms. The first kappa shape index (κ1) is 13.5. The summed E-state index contributed by atoms with van der Waals surface area (Å²) >= 11 is 0. The van der Waals surface area contributed by atoms with Crippen LogP contribution in [0.4, 0.5) is 0 Å². The van der Waals surface area contributed by atoms with Crippen molar-refractivity contribution in [3.8, 4) is 0 Å². The van der Waals surface area contributed by atoms with Gasteiger partial charge in [0, 0.05) is 31.3 Å². The van der Waals surface area contributed by atoms with Gasteiger partial charge >= 0.3 is 0 Å². The fraction of sp³-hybridized carbons (Fsp3) is 0.917. The number of aliphatic hydroxyl groups excluding tert-OH is 1. The minimum absolute atomic E-state index is 0.0818. The van der Waals surface area contributed by atoms with Gasteiger partial charge in [-0.05, 0) is 32.6 Å². The average molecular weight is 229 g/mol. The third-order valence-electron chi connectivity index (χ3n) is 3.46. The van der Waals surface area contributed by atoms with E-state index in [-0.39, 0.29) is 24.0 Å². The molecule has 4 nitrogen and oxygen atoms in total. The van der Waals surface area contributed by atoms with Crippen LogP contribution >= 0.6 is 0 Å². The number of carbonyl (C=O) groups excluding carboxylic acids is 1. The number of hydrogen-bond acceptors (Lipinski definition) is 3. The van der Waals surface area contributed by atoms with Crippen LogP contribution < -0.4 is 5.32 Å². The first-order valence-electron chi connectivity index (χ1n) is 6.12. The molecule has 0 aromatic rings. The molecule has 0 saturated carbocycles. The van der Waals surface area contributed by atoms with Gasteiger partial charge in [-0.2, -0.15) is 0 Å². The summed E-state index contributed by atoms with van der Waals surface area (Å²) in [7, 11) is 0. The summed E-state index contributed by atoms with van der Waals surface area (Å²) in [5.41, 5.74) is -0.274. The van der Waals surface area contributed by atoms with Crippen molar-refractivity contribution in [2.75, 3.05) is 19.8 Å². The second-order valence-corrected chi connectivity index (χ2v) is 4.76. The van der Waals surface area contributed by atoms with E-state index >= 15 is 0 Å². The number of aliphatic hydroxyl groups is 1. The summed E-state index contributed by atoms with van der Waals surface area (Å²) in [5.74, 6) is 0.194. The van der Waals surface area contributed by atoms with Crippen molar-refractivity contribution in [3.05, 3.63) is 0 Å². The molecule has 1 aliphatic rings. The Balaban J connectivity index is 2.47. The van der Waals surface area contributed by atoms with Crippen LogP contribution in [0.5, 0.6) is 0 Å². The third kappa shape index (κ3) is 3.76. The van der Waals surface area contributed by atoms with Gasteiger partial charge in [-0.1, -0.05) is 6.92 Å². The van der Waals surface area contributed by atoms with E-state index in [9.17, 15) is 4.79 Å². The average Bonchev–Trinajstić information content (AvgIpc) is 2.30. The van der Waals surface area contributed by atoms with Gasteiger partial charge in [-0.15, -0.1) is 0 Å². The molecular formula is C12H23NO3. The van der Waals surface area contributed by atoms with E-state index in [4.69, 9.17) is 9.84 Å². The lowest BCUT2D eigenvalue weighted by Gasteiger charge is -2.32. The quantitative estimate of drug-likeness (QED) is 0.741. The Bertz CT molecular complexity index is 226. The van der Waals surface area contributed by atoms with Gasteiger partial charge < -0.3 is 15.2 Å². The number of carbonyl (C=O) groups is 1. The normalized spacial score (nSPS) is 21.4. The summed E-state index contributed by atoms with van der Waals surface area (Å²) in [5, 5.41) is 12.0. The number of amides is 1. The van der Waals surface area contributed by atoms with Gasteiger partial charge in [0.1, 0.15) is 0 Å². The smallest absolute Gasteiger partial charge is 0.223 e. The van der Waals surface area contributed by atoms with Crippen molar-refractivity contribution in [3.63, 3.8) is 0 Å². The van der Waals surface area contributed by atoms with E-state index in [1.807, 2.05) is 13.8 Å². The van der Waals surface area contributed by atoms with Crippen LogP contribution in [0.25, 0.3) is 0 Å². The Morgan fingerprint density at radius 3 is 2.62 bits per heavy atom. The fourth-order valence-corrected chi connectivity index (χ4v) is 1.93. The van der Waals surface area contributed by atoms with Crippen molar-refractivity contribution in [2.24, 2.45) is 5.92 Å². The zero-order valence-corrected chi connectivity index (χ0v) is 10.3. The lowest BCUT2D eigenvalue weighted by Crippen LogP contribution is -2.49. The molecule has 1 heterocycles. The topological polar surface area (TPSA) is 58.6 Å². The number of hydrogen-bond donors (Lipinski definition) is 2. The Morgan fingerprint density at radius 2 is 2.12 bits per heavy atom. The highest BCUT2D eigenvalue weighted by molar-refractivity contribution is 5.79. The zero-order chi connectivity index (χ0) is 12.0. The molecule has 0 bridgehead atoms. The molecule has 1 rings (SSSR count). The highest BCUT2D eigenvalue weighted by Gasteiger charge is 2.28. The second kappa shape index (κ2) is 6.21. The Kier molecular flexibility index (Phi) is 5.22. The predicted molar refractivity (Wildman–Crippen MR) is 62.1 cm³/mol. The number of rotatable bonds is 5. The van der Waals surface area contributed by atoms with Gasteiger partial charge in [0.05, 0.1) is 0 Å². The highest BCUT2D eigenvalue weighted by atomic mass is 16.5. The van der Waals surface area contributed by atoms with Gasteiger partial charge in [0.15, 0.2) is 0 Å². The molecule has 0 radical (unpaired) electrons. The first-order valence-corrected chi connectivity index (χ1v) is 6.12. The molecular weight excluding hydrogens is 206 g/mol. The molecule has 1 saturated heterocycles. The monoisotopic (exact) mass is 229 g/mol. The minimum atomic E-state index is -0.274. The molecule has 0 spiro atoms. The molecule has 0 aromatic carbocycles. The summed E-state index contributed by atoms with van der Waals surface area (Å²) < 4.78 is 5.23. The zero-order valence-electron chi connectivity index (χ0n) is 10.3. The molecule has 2 N–H and O–H groups in total. The lowest BCUT2D eigenvalue weighted by atomic mass is 9.92. The van der Waals surface area contributed by atoms with Crippen LogP contribution in [0.15, 0.2) is 0 Å². The van der Waals surface area contributed by atoms with Crippen LogP contribution in [0.3, 0.4) is 0 Å².